The van der Waals surface area contributed by atoms with Gasteiger partial charge in [-0.15, -0.1) is 0 Å². The third-order valence-corrected chi connectivity index (χ3v) is 4.60. The molecule has 25 heavy (non-hydrogen) atoms. The lowest BCUT2D eigenvalue weighted by Gasteiger charge is -2.21. The van der Waals surface area contributed by atoms with Crippen molar-refractivity contribution >= 4 is 11.8 Å². The lowest BCUT2D eigenvalue weighted by Crippen LogP contribution is -2.38. The van der Waals surface area contributed by atoms with Crippen LogP contribution in [0.15, 0.2) is 40.9 Å². The van der Waals surface area contributed by atoms with Gasteiger partial charge in [0, 0.05) is 32.0 Å². The van der Waals surface area contributed by atoms with E-state index in [0.29, 0.717) is 25.3 Å². The number of hydrogen-bond acceptors (Lipinski definition) is 4. The maximum Gasteiger partial charge on any atom is 0.242 e. The minimum atomic E-state index is -0.100. The van der Waals surface area contributed by atoms with E-state index in [9.17, 15) is 9.59 Å². The van der Waals surface area contributed by atoms with Crippen LogP contribution in [-0.2, 0) is 22.6 Å². The Morgan fingerprint density at radius 3 is 2.80 bits per heavy atom. The molecule has 1 aromatic carbocycles. The molecule has 2 amide bonds. The summed E-state index contributed by atoms with van der Waals surface area (Å²) in [4.78, 5) is 27.9. The van der Waals surface area contributed by atoms with Gasteiger partial charge in [-0.05, 0) is 12.0 Å². The van der Waals surface area contributed by atoms with Crippen LogP contribution in [0.3, 0.4) is 0 Å². The smallest absolute Gasteiger partial charge is 0.242 e. The van der Waals surface area contributed by atoms with Crippen molar-refractivity contribution in [2.75, 3.05) is 20.1 Å². The molecule has 6 heteroatoms. The van der Waals surface area contributed by atoms with Gasteiger partial charge in [-0.3, -0.25) is 9.59 Å². The van der Waals surface area contributed by atoms with Crippen LogP contribution >= 0.6 is 0 Å². The Labute approximate surface area is 147 Å². The normalized spacial score (nSPS) is 17.1. The molecule has 1 aliphatic rings. The summed E-state index contributed by atoms with van der Waals surface area (Å²) >= 11 is 0. The molecule has 1 atom stereocenters. The fourth-order valence-corrected chi connectivity index (χ4v) is 3.08. The van der Waals surface area contributed by atoms with E-state index >= 15 is 0 Å². The molecule has 3 rings (SSSR count). The molecule has 6 nitrogen and oxygen atoms in total. The van der Waals surface area contributed by atoms with Crippen molar-refractivity contribution in [1.82, 2.24) is 15.0 Å². The number of hydrogen-bond donors (Lipinski definition) is 0. The summed E-state index contributed by atoms with van der Waals surface area (Å²) in [5.74, 6) is 0.746. The number of carbonyl (C=O) groups excluding carboxylic acids is 2. The third-order valence-electron chi connectivity index (χ3n) is 4.60. The topological polar surface area (TPSA) is 66.7 Å². The van der Waals surface area contributed by atoms with Gasteiger partial charge in [-0.2, -0.15) is 0 Å². The molecule has 1 fully saturated rings. The minimum absolute atomic E-state index is 0.0311. The first-order valence-electron chi connectivity index (χ1n) is 8.58. The lowest BCUT2D eigenvalue weighted by molar-refractivity contribution is -0.138. The number of amides is 2. The fourth-order valence-electron chi connectivity index (χ4n) is 3.08. The van der Waals surface area contributed by atoms with Crippen LogP contribution in [0.5, 0.6) is 0 Å². The van der Waals surface area contributed by atoms with Gasteiger partial charge in [0.05, 0.1) is 18.8 Å². The van der Waals surface area contributed by atoms with Gasteiger partial charge in [-0.1, -0.05) is 42.4 Å². The van der Waals surface area contributed by atoms with Crippen LogP contribution in [0, 0.1) is 0 Å². The Balaban J connectivity index is 1.56. The summed E-state index contributed by atoms with van der Waals surface area (Å²) in [6.45, 7) is 3.05. The number of carbonyl (C=O) groups is 2. The first kappa shape index (κ1) is 17.2. The standard InChI is InChI=1S/C19H23N3O3/c1-3-16-10-17(25-20-16)12-21(2)19(24)13-22-11-15(9-18(22)23)14-7-5-4-6-8-14/h4-8,10,15H,3,9,11-13H2,1-2H3/t15-/m1/s1. The highest BCUT2D eigenvalue weighted by atomic mass is 16.5. The molecule has 1 aliphatic heterocycles. The number of nitrogens with zero attached hydrogens (tertiary/aromatic N) is 3. The van der Waals surface area contributed by atoms with Crippen molar-refractivity contribution in [3.05, 3.63) is 53.4 Å². The maximum absolute atomic E-state index is 12.4. The molecule has 1 aromatic heterocycles. The van der Waals surface area contributed by atoms with E-state index in [0.717, 1.165) is 17.7 Å². The van der Waals surface area contributed by atoms with Crippen LogP contribution in [0.25, 0.3) is 0 Å². The number of aromatic nitrogens is 1. The van der Waals surface area contributed by atoms with Crippen LogP contribution in [0.1, 0.15) is 36.3 Å². The molecule has 132 valence electrons. The summed E-state index contributed by atoms with van der Waals surface area (Å²) in [5.41, 5.74) is 2.02. The number of aryl methyl sites for hydroxylation is 1. The SMILES string of the molecule is CCc1cc(CN(C)C(=O)CN2C[C@H](c3ccccc3)CC2=O)on1. The van der Waals surface area contributed by atoms with Gasteiger partial charge >= 0.3 is 0 Å². The predicted octanol–water partition coefficient (Wildman–Crippen LogP) is 2.21. The first-order chi connectivity index (χ1) is 12.1. The van der Waals surface area contributed by atoms with E-state index in [1.54, 1.807) is 16.8 Å². The Kier molecular flexibility index (Phi) is 5.16. The molecule has 0 unspecified atom stereocenters. The first-order valence-corrected chi connectivity index (χ1v) is 8.58. The van der Waals surface area contributed by atoms with Crippen molar-refractivity contribution in [2.45, 2.75) is 32.2 Å². The highest BCUT2D eigenvalue weighted by molar-refractivity contribution is 5.86. The Hall–Kier alpha value is -2.63. The van der Waals surface area contributed by atoms with Crippen molar-refractivity contribution in [2.24, 2.45) is 0 Å². The van der Waals surface area contributed by atoms with Gasteiger partial charge in [-0.25, -0.2) is 0 Å². The van der Waals surface area contributed by atoms with Crippen molar-refractivity contribution < 1.29 is 14.1 Å². The van der Waals surface area contributed by atoms with E-state index in [-0.39, 0.29) is 24.3 Å². The van der Waals surface area contributed by atoms with Crippen molar-refractivity contribution in [1.29, 1.82) is 0 Å². The Morgan fingerprint density at radius 1 is 1.36 bits per heavy atom. The molecule has 1 saturated heterocycles. The second kappa shape index (κ2) is 7.51. The number of benzene rings is 1. The van der Waals surface area contributed by atoms with Crippen molar-refractivity contribution in [3.63, 3.8) is 0 Å². The van der Waals surface area contributed by atoms with Crippen molar-refractivity contribution in [3.8, 4) is 0 Å². The van der Waals surface area contributed by atoms with Crippen LogP contribution in [-0.4, -0.2) is 46.9 Å². The molecule has 0 N–H and O–H groups in total. The van der Waals surface area contributed by atoms with E-state index in [1.807, 2.05) is 43.3 Å². The summed E-state index contributed by atoms with van der Waals surface area (Å²) < 4.78 is 5.22. The molecular formula is C19H23N3O3. The summed E-state index contributed by atoms with van der Waals surface area (Å²) in [6, 6.07) is 11.8. The lowest BCUT2D eigenvalue weighted by atomic mass is 9.99. The van der Waals surface area contributed by atoms with E-state index in [4.69, 9.17) is 4.52 Å². The molecular weight excluding hydrogens is 318 g/mol. The zero-order valence-corrected chi connectivity index (χ0v) is 14.6. The second-order valence-electron chi connectivity index (χ2n) is 6.47. The molecule has 0 spiro atoms. The van der Waals surface area contributed by atoms with Crippen LogP contribution in [0.2, 0.25) is 0 Å². The zero-order valence-electron chi connectivity index (χ0n) is 14.6. The molecule has 0 radical (unpaired) electrons. The quantitative estimate of drug-likeness (QED) is 0.808. The predicted molar refractivity (Wildman–Crippen MR) is 92.7 cm³/mol. The minimum Gasteiger partial charge on any atom is -0.359 e. The highest BCUT2D eigenvalue weighted by Gasteiger charge is 2.32. The fraction of sp³-hybridized carbons (Fsp3) is 0.421. The summed E-state index contributed by atoms with van der Waals surface area (Å²) in [6.07, 6.45) is 1.26. The van der Waals surface area contributed by atoms with Gasteiger partial charge < -0.3 is 14.3 Å². The Morgan fingerprint density at radius 2 is 2.12 bits per heavy atom. The highest BCUT2D eigenvalue weighted by Crippen LogP contribution is 2.27. The summed E-state index contributed by atoms with van der Waals surface area (Å²) in [5, 5.41) is 3.93. The largest absolute Gasteiger partial charge is 0.359 e. The van der Waals surface area contributed by atoms with Gasteiger partial charge in [0.2, 0.25) is 11.8 Å². The van der Waals surface area contributed by atoms with E-state index in [2.05, 4.69) is 5.16 Å². The molecule has 0 bridgehead atoms. The van der Waals surface area contributed by atoms with Gasteiger partial charge in [0.15, 0.2) is 5.76 Å². The van der Waals surface area contributed by atoms with Gasteiger partial charge in [0.1, 0.15) is 0 Å². The van der Waals surface area contributed by atoms with Crippen LogP contribution < -0.4 is 0 Å². The number of likely N-dealkylation sites (tertiary alicyclic amines) is 1. The number of rotatable bonds is 6. The number of likely N-dealkylation sites (N-methyl/N-ethyl adjacent to an activating group) is 1. The second-order valence-corrected chi connectivity index (χ2v) is 6.47. The molecule has 2 heterocycles. The Bertz CT molecular complexity index is 741. The maximum atomic E-state index is 12.4. The third kappa shape index (κ3) is 4.07. The van der Waals surface area contributed by atoms with Crippen LogP contribution in [0.4, 0.5) is 0 Å². The monoisotopic (exact) mass is 341 g/mol. The molecule has 0 aliphatic carbocycles. The van der Waals surface area contributed by atoms with Gasteiger partial charge in [0.25, 0.3) is 0 Å². The average Bonchev–Trinajstić information content (AvgIpc) is 3.22. The zero-order chi connectivity index (χ0) is 17.8. The summed E-state index contributed by atoms with van der Waals surface area (Å²) in [7, 11) is 1.71. The molecule has 0 saturated carbocycles. The average molecular weight is 341 g/mol. The molecule has 2 aromatic rings. The van der Waals surface area contributed by atoms with E-state index in [1.165, 1.54) is 0 Å². The van der Waals surface area contributed by atoms with E-state index < -0.39 is 0 Å².